The van der Waals surface area contributed by atoms with E-state index >= 15 is 0 Å². The molecule has 7 heteroatoms. The van der Waals surface area contributed by atoms with Crippen molar-refractivity contribution < 1.29 is 19.5 Å². The molecular formula is C13H13N3O4. The highest BCUT2D eigenvalue weighted by molar-refractivity contribution is 6.06. The zero-order chi connectivity index (χ0) is 14.8. The van der Waals surface area contributed by atoms with Gasteiger partial charge in [-0.15, -0.1) is 0 Å². The number of nitrogens with one attached hydrogen (secondary N) is 1. The standard InChI is InChI=1S/C13H13N3O4/c14-13(11(19)9-4-2-1-3-5-9)6-7-16(8-10(17)18)12(20)15-13/h1-7H,8,14H2,(H,15,20)(H,17,18). The lowest BCUT2D eigenvalue weighted by atomic mass is 9.97. The van der Waals surface area contributed by atoms with Gasteiger partial charge in [0.2, 0.25) is 5.78 Å². The molecule has 1 heterocycles. The quantitative estimate of drug-likeness (QED) is 0.677. The van der Waals surface area contributed by atoms with Crippen LogP contribution in [0.15, 0.2) is 42.6 Å². The number of hydrogen-bond donors (Lipinski definition) is 3. The summed E-state index contributed by atoms with van der Waals surface area (Å²) in [5.41, 5.74) is 4.56. The summed E-state index contributed by atoms with van der Waals surface area (Å²) in [7, 11) is 0. The first-order chi connectivity index (χ1) is 9.42. The van der Waals surface area contributed by atoms with Crippen LogP contribution in [0.4, 0.5) is 4.79 Å². The van der Waals surface area contributed by atoms with Crippen LogP contribution in [0.2, 0.25) is 0 Å². The number of rotatable bonds is 4. The molecule has 1 aromatic rings. The average molecular weight is 275 g/mol. The lowest BCUT2D eigenvalue weighted by molar-refractivity contribution is -0.137. The van der Waals surface area contributed by atoms with Crippen LogP contribution in [0.1, 0.15) is 10.4 Å². The Bertz CT molecular complexity index is 585. The van der Waals surface area contributed by atoms with E-state index in [4.69, 9.17) is 10.8 Å². The van der Waals surface area contributed by atoms with Crippen molar-refractivity contribution in [2.75, 3.05) is 6.54 Å². The lowest BCUT2D eigenvalue weighted by Crippen LogP contribution is -2.64. The molecule has 1 aromatic carbocycles. The molecule has 20 heavy (non-hydrogen) atoms. The monoisotopic (exact) mass is 275 g/mol. The van der Waals surface area contributed by atoms with Crippen LogP contribution in [0.25, 0.3) is 0 Å². The molecular weight excluding hydrogens is 262 g/mol. The second-order valence-corrected chi connectivity index (χ2v) is 4.33. The summed E-state index contributed by atoms with van der Waals surface area (Å²) < 4.78 is 0. The first-order valence-corrected chi connectivity index (χ1v) is 5.81. The molecule has 0 bridgehead atoms. The Morgan fingerprint density at radius 3 is 2.50 bits per heavy atom. The number of carboxylic acid groups (broad SMARTS) is 1. The van der Waals surface area contributed by atoms with Gasteiger partial charge >= 0.3 is 12.0 Å². The molecule has 0 aliphatic carbocycles. The van der Waals surface area contributed by atoms with Crippen LogP contribution in [-0.2, 0) is 4.79 Å². The Morgan fingerprint density at radius 1 is 1.30 bits per heavy atom. The number of urea groups is 1. The van der Waals surface area contributed by atoms with E-state index in [1.165, 1.54) is 12.3 Å². The van der Waals surface area contributed by atoms with Crippen molar-refractivity contribution in [3.63, 3.8) is 0 Å². The number of ketones is 1. The Morgan fingerprint density at radius 2 is 1.95 bits per heavy atom. The SMILES string of the molecule is NC1(C(=O)c2ccccc2)C=CN(CC(=O)O)C(=O)N1. The van der Waals surface area contributed by atoms with Crippen molar-refractivity contribution >= 4 is 17.8 Å². The largest absolute Gasteiger partial charge is 0.480 e. The maximum absolute atomic E-state index is 12.3. The van der Waals surface area contributed by atoms with Crippen molar-refractivity contribution in [2.45, 2.75) is 5.66 Å². The third kappa shape index (κ3) is 2.67. The third-order valence-electron chi connectivity index (χ3n) is 2.81. The van der Waals surface area contributed by atoms with Gasteiger partial charge in [0.25, 0.3) is 0 Å². The molecule has 1 unspecified atom stereocenters. The number of nitrogens with zero attached hydrogens (tertiary/aromatic N) is 1. The molecule has 1 atom stereocenters. The number of nitrogens with two attached hydrogens (primary N) is 1. The molecule has 4 N–H and O–H groups in total. The van der Waals surface area contributed by atoms with E-state index in [0.717, 1.165) is 4.90 Å². The molecule has 0 radical (unpaired) electrons. The lowest BCUT2D eigenvalue weighted by Gasteiger charge is -2.33. The molecule has 1 aliphatic rings. The first-order valence-electron chi connectivity index (χ1n) is 5.81. The summed E-state index contributed by atoms with van der Waals surface area (Å²) in [6.07, 6.45) is 2.47. The van der Waals surface area contributed by atoms with Crippen LogP contribution in [-0.4, -0.2) is 40.0 Å². The molecule has 2 rings (SSSR count). The predicted octanol–water partition coefficient (Wildman–Crippen LogP) is 0.148. The molecule has 7 nitrogen and oxygen atoms in total. The molecule has 0 fully saturated rings. The molecule has 2 amide bonds. The van der Waals surface area contributed by atoms with Gasteiger partial charge in [-0.2, -0.15) is 0 Å². The zero-order valence-electron chi connectivity index (χ0n) is 10.4. The van der Waals surface area contributed by atoms with E-state index in [-0.39, 0.29) is 0 Å². The van der Waals surface area contributed by atoms with E-state index in [1.54, 1.807) is 30.3 Å². The zero-order valence-corrected chi connectivity index (χ0v) is 10.4. The fourth-order valence-corrected chi connectivity index (χ4v) is 1.80. The van der Waals surface area contributed by atoms with E-state index in [1.807, 2.05) is 0 Å². The van der Waals surface area contributed by atoms with Gasteiger partial charge in [-0.05, 0) is 6.08 Å². The normalized spacial score (nSPS) is 21.4. The van der Waals surface area contributed by atoms with Gasteiger partial charge in [-0.3, -0.25) is 20.2 Å². The summed E-state index contributed by atoms with van der Waals surface area (Å²) in [4.78, 5) is 35.5. The highest BCUT2D eigenvalue weighted by atomic mass is 16.4. The number of Topliss-reactive ketones (excluding diaryl/α,β-unsaturated/α-hetero) is 1. The van der Waals surface area contributed by atoms with Crippen molar-refractivity contribution in [1.82, 2.24) is 10.2 Å². The summed E-state index contributed by atoms with van der Waals surface area (Å²) >= 11 is 0. The Labute approximate surface area is 114 Å². The van der Waals surface area contributed by atoms with Crippen molar-refractivity contribution in [2.24, 2.45) is 5.73 Å². The highest BCUT2D eigenvalue weighted by Gasteiger charge is 2.38. The number of hydrogen-bond acceptors (Lipinski definition) is 4. The average Bonchev–Trinajstić information content (AvgIpc) is 2.42. The minimum absolute atomic E-state index is 0.353. The highest BCUT2D eigenvalue weighted by Crippen LogP contribution is 2.15. The van der Waals surface area contributed by atoms with Gasteiger partial charge in [-0.1, -0.05) is 30.3 Å². The van der Waals surface area contributed by atoms with Crippen molar-refractivity contribution in [3.8, 4) is 0 Å². The van der Waals surface area contributed by atoms with Crippen molar-refractivity contribution in [3.05, 3.63) is 48.2 Å². The number of carboxylic acids is 1. The van der Waals surface area contributed by atoms with Crippen LogP contribution in [0, 0.1) is 0 Å². The minimum Gasteiger partial charge on any atom is -0.480 e. The Kier molecular flexibility index (Phi) is 3.53. The number of aliphatic carboxylic acids is 1. The van der Waals surface area contributed by atoms with E-state index < -0.39 is 30.0 Å². The second kappa shape index (κ2) is 5.14. The third-order valence-corrected chi connectivity index (χ3v) is 2.81. The van der Waals surface area contributed by atoms with E-state index in [0.29, 0.717) is 5.56 Å². The number of carbonyl (C=O) groups excluding carboxylic acids is 2. The predicted molar refractivity (Wildman–Crippen MR) is 69.7 cm³/mol. The molecule has 1 aliphatic heterocycles. The number of amides is 2. The van der Waals surface area contributed by atoms with Crippen LogP contribution in [0.3, 0.4) is 0 Å². The maximum Gasteiger partial charge on any atom is 0.323 e. The summed E-state index contributed by atoms with van der Waals surface area (Å²) in [6.45, 7) is -0.502. The van der Waals surface area contributed by atoms with Crippen molar-refractivity contribution in [1.29, 1.82) is 0 Å². The van der Waals surface area contributed by atoms with Crippen LogP contribution < -0.4 is 11.1 Å². The molecule has 104 valence electrons. The Hall–Kier alpha value is -2.67. The molecule has 0 spiro atoms. The van der Waals surface area contributed by atoms with Gasteiger partial charge in [0.15, 0.2) is 5.66 Å². The van der Waals surface area contributed by atoms with Gasteiger partial charge in [0.1, 0.15) is 6.54 Å². The fraction of sp³-hybridized carbons (Fsp3) is 0.154. The topological polar surface area (TPSA) is 113 Å². The second-order valence-electron chi connectivity index (χ2n) is 4.33. The molecule has 0 saturated carbocycles. The molecule has 0 saturated heterocycles. The first kappa shape index (κ1) is 13.8. The van der Waals surface area contributed by atoms with Gasteiger partial charge in [0, 0.05) is 11.8 Å². The van der Waals surface area contributed by atoms with Gasteiger partial charge < -0.3 is 10.4 Å². The summed E-state index contributed by atoms with van der Waals surface area (Å²) in [5, 5.41) is 11.0. The fourth-order valence-electron chi connectivity index (χ4n) is 1.80. The number of benzene rings is 1. The van der Waals surface area contributed by atoms with Gasteiger partial charge in [0.05, 0.1) is 0 Å². The Balaban J connectivity index is 2.23. The van der Waals surface area contributed by atoms with Gasteiger partial charge in [-0.25, -0.2) is 4.79 Å². The maximum atomic E-state index is 12.3. The summed E-state index contributed by atoms with van der Waals surface area (Å²) in [6, 6.07) is 7.55. The number of carbonyl (C=O) groups is 3. The smallest absolute Gasteiger partial charge is 0.323 e. The van der Waals surface area contributed by atoms with Crippen LogP contribution >= 0.6 is 0 Å². The van der Waals surface area contributed by atoms with Crippen LogP contribution in [0.5, 0.6) is 0 Å². The summed E-state index contributed by atoms with van der Waals surface area (Å²) in [5.74, 6) is -1.64. The minimum atomic E-state index is -1.67. The van der Waals surface area contributed by atoms with E-state index in [9.17, 15) is 14.4 Å². The molecule has 0 aromatic heterocycles. The van der Waals surface area contributed by atoms with E-state index in [2.05, 4.69) is 5.32 Å².